The van der Waals surface area contributed by atoms with E-state index in [1.807, 2.05) is 6.07 Å². The van der Waals surface area contributed by atoms with Gasteiger partial charge >= 0.3 is 5.97 Å². The van der Waals surface area contributed by atoms with E-state index in [0.717, 1.165) is 24.0 Å². The summed E-state index contributed by atoms with van der Waals surface area (Å²) in [4.78, 5) is 11.1. The van der Waals surface area contributed by atoms with Crippen LogP contribution in [0.4, 0.5) is 0 Å². The molecule has 84 valence electrons. The molecule has 1 atom stereocenters. The predicted octanol–water partition coefficient (Wildman–Crippen LogP) is 1.78. The average molecular weight is 220 g/mol. The fourth-order valence-electron chi connectivity index (χ4n) is 2.43. The third-order valence-corrected chi connectivity index (χ3v) is 3.16. The van der Waals surface area contributed by atoms with Crippen LogP contribution < -0.4 is 4.74 Å². The zero-order valence-electron chi connectivity index (χ0n) is 8.73. The first-order chi connectivity index (χ1) is 7.77. The lowest BCUT2D eigenvalue weighted by Gasteiger charge is -2.32. The summed E-state index contributed by atoms with van der Waals surface area (Å²) < 4.78 is 11.1. The highest BCUT2D eigenvalue weighted by Crippen LogP contribution is 2.41. The van der Waals surface area contributed by atoms with Crippen LogP contribution in [0.2, 0.25) is 0 Å². The highest BCUT2D eigenvalue weighted by molar-refractivity contribution is 5.92. The maximum Gasteiger partial charge on any atom is 0.339 e. The van der Waals surface area contributed by atoms with Crippen molar-refractivity contribution in [1.82, 2.24) is 0 Å². The molecule has 16 heavy (non-hydrogen) atoms. The molecule has 0 amide bonds. The van der Waals surface area contributed by atoms with Crippen molar-refractivity contribution >= 4 is 5.97 Å². The maximum absolute atomic E-state index is 11.1. The quantitative estimate of drug-likeness (QED) is 0.783. The van der Waals surface area contributed by atoms with Gasteiger partial charge in [-0.05, 0) is 18.1 Å². The van der Waals surface area contributed by atoms with Crippen molar-refractivity contribution in [1.29, 1.82) is 0 Å². The van der Waals surface area contributed by atoms with Crippen LogP contribution >= 0.6 is 0 Å². The monoisotopic (exact) mass is 220 g/mol. The summed E-state index contributed by atoms with van der Waals surface area (Å²) in [5.41, 5.74) is 2.36. The zero-order chi connectivity index (χ0) is 11.1. The first kappa shape index (κ1) is 9.66. The topological polar surface area (TPSA) is 55.8 Å². The highest BCUT2D eigenvalue weighted by atomic mass is 16.5. The molecule has 0 fully saturated rings. The lowest BCUT2D eigenvalue weighted by Crippen LogP contribution is -2.25. The van der Waals surface area contributed by atoms with E-state index >= 15 is 0 Å². The largest absolute Gasteiger partial charge is 0.492 e. The van der Waals surface area contributed by atoms with Gasteiger partial charge in [0.1, 0.15) is 11.3 Å². The molecule has 0 aliphatic carbocycles. The number of carboxylic acid groups (broad SMARTS) is 1. The molecule has 0 saturated carbocycles. The second kappa shape index (κ2) is 3.49. The predicted molar refractivity (Wildman–Crippen MR) is 55.9 cm³/mol. The fraction of sp³-hybridized carbons (Fsp3) is 0.417. The van der Waals surface area contributed by atoms with E-state index in [0.29, 0.717) is 19.0 Å². The molecule has 3 rings (SSSR count). The molecular formula is C12H12O4. The number of aromatic carboxylic acids is 1. The van der Waals surface area contributed by atoms with E-state index in [1.165, 1.54) is 0 Å². The molecule has 2 aliphatic heterocycles. The summed E-state index contributed by atoms with van der Waals surface area (Å²) in [6.07, 6.45) is 1.66. The second-order valence-corrected chi connectivity index (χ2v) is 4.07. The Morgan fingerprint density at radius 3 is 3.06 bits per heavy atom. The first-order valence-corrected chi connectivity index (χ1v) is 5.41. The van der Waals surface area contributed by atoms with Crippen LogP contribution in [0.3, 0.4) is 0 Å². The van der Waals surface area contributed by atoms with Crippen molar-refractivity contribution in [3.8, 4) is 5.75 Å². The lowest BCUT2D eigenvalue weighted by atomic mass is 9.91. The number of benzene rings is 1. The summed E-state index contributed by atoms with van der Waals surface area (Å²) in [6, 6.07) is 3.51. The fourth-order valence-corrected chi connectivity index (χ4v) is 2.43. The second-order valence-electron chi connectivity index (χ2n) is 4.07. The Balaban J connectivity index is 2.21. The average Bonchev–Trinajstić information content (AvgIpc) is 2.30. The summed E-state index contributed by atoms with van der Waals surface area (Å²) >= 11 is 0. The molecule has 1 aromatic rings. The third-order valence-electron chi connectivity index (χ3n) is 3.16. The van der Waals surface area contributed by atoms with E-state index in [9.17, 15) is 4.79 Å². The minimum absolute atomic E-state index is 0.0202. The van der Waals surface area contributed by atoms with Crippen molar-refractivity contribution in [2.75, 3.05) is 13.2 Å². The zero-order valence-corrected chi connectivity index (χ0v) is 8.73. The van der Waals surface area contributed by atoms with Gasteiger partial charge in [-0.1, -0.05) is 6.07 Å². The number of rotatable bonds is 1. The molecule has 0 radical (unpaired) electrons. The molecule has 4 heteroatoms. The molecule has 0 bridgehead atoms. The van der Waals surface area contributed by atoms with Crippen LogP contribution in [0.5, 0.6) is 5.75 Å². The Morgan fingerprint density at radius 2 is 2.25 bits per heavy atom. The lowest BCUT2D eigenvalue weighted by molar-refractivity contribution is 0.0132. The first-order valence-electron chi connectivity index (χ1n) is 5.41. The number of hydrogen-bond donors (Lipinski definition) is 1. The summed E-state index contributed by atoms with van der Waals surface area (Å²) in [5, 5.41) is 9.09. The van der Waals surface area contributed by atoms with Gasteiger partial charge in [0.05, 0.1) is 19.3 Å². The van der Waals surface area contributed by atoms with Gasteiger partial charge in [-0.3, -0.25) is 0 Å². The van der Waals surface area contributed by atoms with Gasteiger partial charge in [0.2, 0.25) is 0 Å². The Bertz CT molecular complexity index is 451. The Kier molecular flexibility index (Phi) is 2.11. The SMILES string of the molecule is O=C(O)c1ccc2c3c1OCC[C@@H]3OCC2. The van der Waals surface area contributed by atoms with Gasteiger partial charge in [-0.25, -0.2) is 4.79 Å². The van der Waals surface area contributed by atoms with Crippen molar-refractivity contribution < 1.29 is 19.4 Å². The van der Waals surface area contributed by atoms with E-state index in [-0.39, 0.29) is 11.7 Å². The number of carbonyl (C=O) groups is 1. The van der Waals surface area contributed by atoms with Crippen molar-refractivity contribution in [3.63, 3.8) is 0 Å². The van der Waals surface area contributed by atoms with Crippen molar-refractivity contribution in [2.45, 2.75) is 18.9 Å². The van der Waals surface area contributed by atoms with Gasteiger partial charge in [0.15, 0.2) is 0 Å². The highest BCUT2D eigenvalue weighted by Gasteiger charge is 2.31. The minimum Gasteiger partial charge on any atom is -0.492 e. The van der Waals surface area contributed by atoms with Gasteiger partial charge in [-0.2, -0.15) is 0 Å². The van der Waals surface area contributed by atoms with Gasteiger partial charge in [-0.15, -0.1) is 0 Å². The minimum atomic E-state index is -0.941. The van der Waals surface area contributed by atoms with Crippen LogP contribution in [0.25, 0.3) is 0 Å². The van der Waals surface area contributed by atoms with Gasteiger partial charge in [0.25, 0.3) is 0 Å². The summed E-state index contributed by atoms with van der Waals surface area (Å²) in [7, 11) is 0. The number of carboxylic acids is 1. The standard InChI is InChI=1S/C12H12O4/c13-12(14)8-2-1-7-3-5-15-9-4-6-16-11(8)10(7)9/h1-2,9H,3-6H2,(H,13,14)/t9-/m0/s1. The van der Waals surface area contributed by atoms with E-state index in [4.69, 9.17) is 14.6 Å². The maximum atomic E-state index is 11.1. The van der Waals surface area contributed by atoms with Crippen LogP contribution in [0.1, 0.15) is 34.0 Å². The van der Waals surface area contributed by atoms with E-state index in [2.05, 4.69) is 0 Å². The number of hydrogen-bond acceptors (Lipinski definition) is 3. The van der Waals surface area contributed by atoms with Gasteiger partial charge in [0, 0.05) is 12.0 Å². The molecule has 2 heterocycles. The Morgan fingerprint density at radius 1 is 1.38 bits per heavy atom. The molecule has 1 aromatic carbocycles. The summed E-state index contributed by atoms with van der Waals surface area (Å²) in [5.74, 6) is -0.426. The third kappa shape index (κ3) is 1.30. The molecule has 0 spiro atoms. The molecular weight excluding hydrogens is 208 g/mol. The molecule has 0 unspecified atom stereocenters. The van der Waals surface area contributed by atoms with Crippen molar-refractivity contribution in [3.05, 3.63) is 28.8 Å². The summed E-state index contributed by atoms with van der Waals surface area (Å²) in [6.45, 7) is 1.24. The Labute approximate surface area is 92.8 Å². The van der Waals surface area contributed by atoms with Gasteiger partial charge < -0.3 is 14.6 Å². The van der Waals surface area contributed by atoms with Crippen LogP contribution in [0, 0.1) is 0 Å². The van der Waals surface area contributed by atoms with Crippen LogP contribution in [0.15, 0.2) is 12.1 Å². The van der Waals surface area contributed by atoms with E-state index in [1.54, 1.807) is 6.07 Å². The smallest absolute Gasteiger partial charge is 0.339 e. The van der Waals surface area contributed by atoms with Crippen LogP contribution in [-0.2, 0) is 11.2 Å². The number of ether oxygens (including phenoxy) is 2. The normalized spacial score (nSPS) is 22.1. The van der Waals surface area contributed by atoms with Crippen molar-refractivity contribution in [2.24, 2.45) is 0 Å². The molecule has 2 aliphatic rings. The molecule has 1 N–H and O–H groups in total. The van der Waals surface area contributed by atoms with E-state index < -0.39 is 5.97 Å². The van der Waals surface area contributed by atoms with Crippen LogP contribution in [-0.4, -0.2) is 24.3 Å². The Hall–Kier alpha value is -1.55. The molecule has 0 saturated heterocycles. The molecule has 0 aromatic heterocycles. The molecule has 4 nitrogen and oxygen atoms in total.